The molecule has 1 aromatic rings. The molecule has 2 rings (SSSR count). The Hall–Kier alpha value is -1.88. The third-order valence-electron chi connectivity index (χ3n) is 3.54. The highest BCUT2D eigenvalue weighted by Gasteiger charge is 2.19. The first-order valence-corrected chi connectivity index (χ1v) is 7.18. The molecule has 0 aliphatic carbocycles. The van der Waals surface area contributed by atoms with Gasteiger partial charge in [-0.3, -0.25) is 4.90 Å². The number of hydrogen-bond acceptors (Lipinski definition) is 4. The van der Waals surface area contributed by atoms with Crippen LogP contribution >= 0.6 is 0 Å². The summed E-state index contributed by atoms with van der Waals surface area (Å²) in [7, 11) is 0. The minimum Gasteiger partial charge on any atom is -0.463 e. The van der Waals surface area contributed by atoms with Gasteiger partial charge in [-0.05, 0) is 31.2 Å². The quantitative estimate of drug-likeness (QED) is 0.614. The van der Waals surface area contributed by atoms with Crippen molar-refractivity contribution >= 4 is 11.7 Å². The summed E-state index contributed by atoms with van der Waals surface area (Å²) in [4.78, 5) is 15.9. The molecule has 0 spiro atoms. The molecule has 0 saturated carbocycles. The highest BCUT2D eigenvalue weighted by molar-refractivity contribution is 5.88. The van der Waals surface area contributed by atoms with E-state index in [2.05, 4.69) is 16.4 Å². The molecule has 0 amide bonds. The van der Waals surface area contributed by atoms with Gasteiger partial charge in [0, 0.05) is 44.0 Å². The van der Waals surface area contributed by atoms with E-state index in [1.54, 1.807) is 19.1 Å². The molecule has 1 fully saturated rings. The van der Waals surface area contributed by atoms with E-state index < -0.39 is 0 Å². The third kappa shape index (κ3) is 4.29. The summed E-state index contributed by atoms with van der Waals surface area (Å²) in [6.07, 6.45) is 0. The van der Waals surface area contributed by atoms with Crippen molar-refractivity contribution in [2.45, 2.75) is 6.92 Å². The van der Waals surface area contributed by atoms with Crippen LogP contribution in [0.3, 0.4) is 0 Å². The maximum Gasteiger partial charge on any atom is 0.334 e. The first-order chi connectivity index (χ1) is 10.1. The summed E-state index contributed by atoms with van der Waals surface area (Å²) >= 11 is 0. The van der Waals surface area contributed by atoms with Crippen LogP contribution in [0, 0.1) is 5.82 Å². The lowest BCUT2D eigenvalue weighted by Gasteiger charge is -2.36. The van der Waals surface area contributed by atoms with E-state index in [1.807, 2.05) is 0 Å². The minimum absolute atomic E-state index is 0.219. The standard InChI is InChI=1S/C16H21FN2O2/c1-3-21-16(20)13(2)12-18-8-10-19(11-9-18)15-6-4-14(17)5-7-15/h4-7H,2-3,8-12H2,1H3. The molecule has 114 valence electrons. The third-order valence-corrected chi connectivity index (χ3v) is 3.54. The van der Waals surface area contributed by atoms with Gasteiger partial charge in [-0.25, -0.2) is 9.18 Å². The lowest BCUT2D eigenvalue weighted by Crippen LogP contribution is -2.47. The van der Waals surface area contributed by atoms with Gasteiger partial charge >= 0.3 is 5.97 Å². The smallest absolute Gasteiger partial charge is 0.334 e. The van der Waals surface area contributed by atoms with Crippen LogP contribution in [-0.4, -0.2) is 50.2 Å². The molecule has 1 aliphatic heterocycles. The number of benzene rings is 1. The van der Waals surface area contributed by atoms with Crippen molar-refractivity contribution in [3.05, 3.63) is 42.2 Å². The molecule has 1 aliphatic rings. The Bertz CT molecular complexity index is 494. The van der Waals surface area contributed by atoms with E-state index >= 15 is 0 Å². The first kappa shape index (κ1) is 15.5. The number of carbonyl (C=O) groups is 1. The largest absolute Gasteiger partial charge is 0.463 e. The Morgan fingerprint density at radius 2 is 1.86 bits per heavy atom. The summed E-state index contributed by atoms with van der Waals surface area (Å²) in [5.41, 5.74) is 1.52. The Morgan fingerprint density at radius 1 is 1.24 bits per heavy atom. The van der Waals surface area contributed by atoms with Crippen molar-refractivity contribution in [3.63, 3.8) is 0 Å². The summed E-state index contributed by atoms with van der Waals surface area (Å²) in [5.74, 6) is -0.540. The molecular formula is C16H21FN2O2. The van der Waals surface area contributed by atoms with Gasteiger partial charge < -0.3 is 9.64 Å². The maximum absolute atomic E-state index is 12.9. The second kappa shape index (κ2) is 7.22. The average molecular weight is 292 g/mol. The number of carbonyl (C=O) groups excluding carboxylic acids is 1. The maximum atomic E-state index is 12.9. The number of halogens is 1. The molecular weight excluding hydrogens is 271 g/mol. The fourth-order valence-corrected chi connectivity index (χ4v) is 2.38. The topological polar surface area (TPSA) is 32.8 Å². The summed E-state index contributed by atoms with van der Waals surface area (Å²) in [6, 6.07) is 6.54. The van der Waals surface area contributed by atoms with Crippen molar-refractivity contribution in [2.75, 3.05) is 44.2 Å². The van der Waals surface area contributed by atoms with Gasteiger partial charge in [0.05, 0.1) is 6.61 Å². The lowest BCUT2D eigenvalue weighted by molar-refractivity contribution is -0.138. The van der Waals surface area contributed by atoms with Crippen molar-refractivity contribution < 1.29 is 13.9 Å². The van der Waals surface area contributed by atoms with Gasteiger partial charge in [0.2, 0.25) is 0 Å². The molecule has 0 atom stereocenters. The molecule has 1 heterocycles. The van der Waals surface area contributed by atoms with Crippen LogP contribution in [0.25, 0.3) is 0 Å². The zero-order valence-electron chi connectivity index (χ0n) is 12.3. The molecule has 0 bridgehead atoms. The monoisotopic (exact) mass is 292 g/mol. The highest BCUT2D eigenvalue weighted by atomic mass is 19.1. The van der Waals surface area contributed by atoms with E-state index in [4.69, 9.17) is 4.74 Å². The number of nitrogens with zero attached hydrogens (tertiary/aromatic N) is 2. The molecule has 1 saturated heterocycles. The van der Waals surface area contributed by atoms with Gasteiger partial charge in [-0.2, -0.15) is 0 Å². The molecule has 0 aromatic heterocycles. The second-order valence-corrected chi connectivity index (χ2v) is 5.06. The number of ether oxygens (including phenoxy) is 1. The number of anilines is 1. The van der Waals surface area contributed by atoms with Crippen LogP contribution in [-0.2, 0) is 9.53 Å². The van der Waals surface area contributed by atoms with Crippen LogP contribution < -0.4 is 4.90 Å². The van der Waals surface area contributed by atoms with Crippen molar-refractivity contribution in [3.8, 4) is 0 Å². The SMILES string of the molecule is C=C(CN1CCN(c2ccc(F)cc2)CC1)C(=O)OCC. The molecule has 4 nitrogen and oxygen atoms in total. The van der Waals surface area contributed by atoms with Gasteiger partial charge in [0.15, 0.2) is 0 Å². The number of rotatable bonds is 5. The zero-order valence-corrected chi connectivity index (χ0v) is 12.3. The molecule has 21 heavy (non-hydrogen) atoms. The van der Waals surface area contributed by atoms with E-state index in [9.17, 15) is 9.18 Å². The predicted octanol–water partition coefficient (Wildman–Crippen LogP) is 2.07. The van der Waals surface area contributed by atoms with Crippen molar-refractivity contribution in [1.29, 1.82) is 0 Å². The van der Waals surface area contributed by atoms with Gasteiger partial charge in [-0.15, -0.1) is 0 Å². The zero-order chi connectivity index (χ0) is 15.2. The van der Waals surface area contributed by atoms with Gasteiger partial charge in [0.25, 0.3) is 0 Å². The summed E-state index contributed by atoms with van der Waals surface area (Å²) in [6.45, 7) is 9.86. The van der Waals surface area contributed by atoms with Crippen molar-refractivity contribution in [2.24, 2.45) is 0 Å². The first-order valence-electron chi connectivity index (χ1n) is 7.18. The molecule has 1 aromatic carbocycles. The fraction of sp³-hybridized carbons (Fsp3) is 0.438. The normalized spacial score (nSPS) is 15.8. The number of piperazine rings is 1. The fourth-order valence-electron chi connectivity index (χ4n) is 2.38. The molecule has 0 radical (unpaired) electrons. The second-order valence-electron chi connectivity index (χ2n) is 5.06. The minimum atomic E-state index is -0.321. The van der Waals surface area contributed by atoms with Gasteiger partial charge in [0.1, 0.15) is 5.82 Å². The Kier molecular flexibility index (Phi) is 5.33. The molecule has 5 heteroatoms. The van der Waals surface area contributed by atoms with Crippen LogP contribution in [0.4, 0.5) is 10.1 Å². The van der Waals surface area contributed by atoms with Crippen LogP contribution in [0.15, 0.2) is 36.4 Å². The van der Waals surface area contributed by atoms with Crippen LogP contribution in [0.2, 0.25) is 0 Å². The average Bonchev–Trinajstić information content (AvgIpc) is 2.49. The Labute approximate surface area is 124 Å². The Morgan fingerprint density at radius 3 is 2.43 bits per heavy atom. The van der Waals surface area contributed by atoms with E-state index in [0.29, 0.717) is 18.7 Å². The van der Waals surface area contributed by atoms with Crippen LogP contribution in [0.5, 0.6) is 0 Å². The van der Waals surface area contributed by atoms with Crippen molar-refractivity contribution in [1.82, 2.24) is 4.90 Å². The molecule has 0 unspecified atom stereocenters. The summed E-state index contributed by atoms with van der Waals surface area (Å²) in [5, 5.41) is 0. The number of esters is 1. The van der Waals surface area contributed by atoms with E-state index in [0.717, 1.165) is 31.9 Å². The lowest BCUT2D eigenvalue weighted by atomic mass is 10.2. The van der Waals surface area contributed by atoms with E-state index in [1.165, 1.54) is 12.1 Å². The highest BCUT2D eigenvalue weighted by Crippen LogP contribution is 2.17. The predicted molar refractivity (Wildman–Crippen MR) is 80.8 cm³/mol. The van der Waals surface area contributed by atoms with E-state index in [-0.39, 0.29) is 11.8 Å². The Balaban J connectivity index is 1.82. The van der Waals surface area contributed by atoms with Crippen LogP contribution in [0.1, 0.15) is 6.92 Å². The van der Waals surface area contributed by atoms with Gasteiger partial charge in [-0.1, -0.05) is 6.58 Å². The summed E-state index contributed by atoms with van der Waals surface area (Å²) < 4.78 is 17.9. The number of hydrogen-bond donors (Lipinski definition) is 0. The molecule has 0 N–H and O–H groups in total.